The molecule has 0 aromatic carbocycles. The molecule has 0 spiro atoms. The summed E-state index contributed by atoms with van der Waals surface area (Å²) in [7, 11) is 0. The van der Waals surface area contributed by atoms with Crippen molar-refractivity contribution in [2.24, 2.45) is 11.8 Å². The fraction of sp³-hybridized carbons (Fsp3) is 0.750. The van der Waals surface area contributed by atoms with E-state index in [1.807, 2.05) is 0 Å². The molecule has 1 fully saturated rings. The first-order valence-electron chi connectivity index (χ1n) is 6.04. The van der Waals surface area contributed by atoms with Gasteiger partial charge in [0.15, 0.2) is 6.29 Å². The fourth-order valence-electron chi connectivity index (χ4n) is 1.80. The minimum absolute atomic E-state index is 0.325. The van der Waals surface area contributed by atoms with Crippen LogP contribution >= 0.6 is 0 Å². The van der Waals surface area contributed by atoms with Crippen LogP contribution in [0, 0.1) is 11.8 Å². The van der Waals surface area contributed by atoms with Crippen molar-refractivity contribution in [2.45, 2.75) is 34.0 Å². The zero-order valence-corrected chi connectivity index (χ0v) is 11.1. The van der Waals surface area contributed by atoms with Crippen LogP contribution < -0.4 is 0 Å². The summed E-state index contributed by atoms with van der Waals surface area (Å²) in [4.78, 5) is 36.0. The zero-order valence-electron chi connectivity index (χ0n) is 11.1. The lowest BCUT2D eigenvalue weighted by Crippen LogP contribution is -2.37. The summed E-state index contributed by atoms with van der Waals surface area (Å²) >= 11 is 0. The van der Waals surface area contributed by atoms with Crippen molar-refractivity contribution in [3.63, 3.8) is 0 Å². The monoisotopic (exact) mass is 257 g/mol. The third-order valence-corrected chi connectivity index (χ3v) is 3.05. The van der Waals surface area contributed by atoms with Crippen molar-refractivity contribution in [1.82, 2.24) is 4.90 Å². The second-order valence-corrected chi connectivity index (χ2v) is 4.35. The van der Waals surface area contributed by atoms with Crippen LogP contribution in [0.4, 0.5) is 0 Å². The van der Waals surface area contributed by atoms with Gasteiger partial charge in [-0.05, 0) is 13.8 Å². The number of ether oxygens (including phenoxy) is 2. The molecule has 0 aliphatic carbocycles. The van der Waals surface area contributed by atoms with Crippen molar-refractivity contribution in [2.75, 3.05) is 13.2 Å². The van der Waals surface area contributed by atoms with Gasteiger partial charge in [-0.1, -0.05) is 13.8 Å². The smallest absolute Gasteiger partial charge is 0.328 e. The molecular weight excluding hydrogens is 238 g/mol. The molecule has 1 saturated heterocycles. The molecule has 1 aliphatic heterocycles. The average molecular weight is 257 g/mol. The number of amides is 2. The lowest BCUT2D eigenvalue weighted by atomic mass is 10.00. The number of carbonyl (C=O) groups excluding carboxylic acids is 3. The molecule has 1 aliphatic rings. The van der Waals surface area contributed by atoms with Crippen LogP contribution in [0.2, 0.25) is 0 Å². The minimum Gasteiger partial charge on any atom is -0.435 e. The predicted molar refractivity (Wildman–Crippen MR) is 62.2 cm³/mol. The van der Waals surface area contributed by atoms with E-state index >= 15 is 0 Å². The van der Waals surface area contributed by atoms with E-state index in [0.717, 1.165) is 4.90 Å². The Kier molecular flexibility index (Phi) is 4.84. The van der Waals surface area contributed by atoms with E-state index in [9.17, 15) is 14.4 Å². The van der Waals surface area contributed by atoms with Gasteiger partial charge < -0.3 is 9.47 Å². The van der Waals surface area contributed by atoms with E-state index in [1.165, 1.54) is 0 Å². The summed E-state index contributed by atoms with van der Waals surface area (Å²) in [5.41, 5.74) is 0. The Labute approximate surface area is 106 Å². The molecule has 2 amide bonds. The minimum atomic E-state index is -0.676. The third-order valence-electron chi connectivity index (χ3n) is 3.05. The average Bonchev–Trinajstić information content (AvgIpc) is 2.47. The number of likely N-dealkylation sites (tertiary alicyclic amines) is 1. The number of hydrogen-bond donors (Lipinski definition) is 0. The molecule has 18 heavy (non-hydrogen) atoms. The van der Waals surface area contributed by atoms with Gasteiger partial charge in [-0.3, -0.25) is 19.3 Å². The van der Waals surface area contributed by atoms with Crippen molar-refractivity contribution >= 4 is 17.8 Å². The first-order chi connectivity index (χ1) is 8.38. The molecule has 6 nitrogen and oxygen atoms in total. The Morgan fingerprint density at radius 1 is 1.28 bits per heavy atom. The van der Waals surface area contributed by atoms with Gasteiger partial charge in [0.25, 0.3) is 0 Å². The van der Waals surface area contributed by atoms with E-state index in [0.29, 0.717) is 6.61 Å². The normalized spacial score (nSPS) is 25.4. The quantitative estimate of drug-likeness (QED) is 0.408. The predicted octanol–water partition coefficient (Wildman–Crippen LogP) is 0.553. The molecule has 0 saturated carbocycles. The molecule has 3 atom stereocenters. The van der Waals surface area contributed by atoms with E-state index in [1.54, 1.807) is 27.7 Å². The molecule has 0 aromatic rings. The maximum atomic E-state index is 11.7. The van der Waals surface area contributed by atoms with Crippen molar-refractivity contribution in [3.05, 3.63) is 0 Å². The van der Waals surface area contributed by atoms with Crippen LogP contribution in [0.5, 0.6) is 0 Å². The number of carbonyl (C=O) groups is 3. The highest BCUT2D eigenvalue weighted by atomic mass is 16.7. The van der Waals surface area contributed by atoms with Crippen LogP contribution in [0.3, 0.4) is 0 Å². The highest BCUT2D eigenvalue weighted by molar-refractivity contribution is 6.06. The van der Waals surface area contributed by atoms with Gasteiger partial charge in [0.1, 0.15) is 6.54 Å². The molecule has 0 bridgehead atoms. The van der Waals surface area contributed by atoms with Crippen LogP contribution in [-0.2, 0) is 23.9 Å². The fourth-order valence-corrected chi connectivity index (χ4v) is 1.80. The summed E-state index contributed by atoms with van der Waals surface area (Å²) in [6, 6.07) is 0. The molecule has 1 heterocycles. The summed E-state index contributed by atoms with van der Waals surface area (Å²) < 4.78 is 9.95. The number of imide groups is 1. The SMILES string of the molecule is CCOC(C)OC(=O)CN1C(=O)C(C)C(C)C1=O. The van der Waals surface area contributed by atoms with Crippen LogP contribution in [-0.4, -0.2) is 42.1 Å². The first-order valence-corrected chi connectivity index (χ1v) is 6.04. The van der Waals surface area contributed by atoms with Crippen LogP contribution in [0.1, 0.15) is 27.7 Å². The zero-order chi connectivity index (χ0) is 13.9. The lowest BCUT2D eigenvalue weighted by molar-refractivity contribution is -0.176. The Bertz CT molecular complexity index is 334. The Morgan fingerprint density at radius 2 is 1.78 bits per heavy atom. The van der Waals surface area contributed by atoms with Gasteiger partial charge in [0.2, 0.25) is 11.8 Å². The summed E-state index contributed by atoms with van der Waals surface area (Å²) in [6.07, 6.45) is -0.676. The largest absolute Gasteiger partial charge is 0.435 e. The number of esters is 1. The van der Waals surface area contributed by atoms with Gasteiger partial charge in [-0.2, -0.15) is 0 Å². The first kappa shape index (κ1) is 14.6. The molecular formula is C12H19NO5. The van der Waals surface area contributed by atoms with Crippen LogP contribution in [0.25, 0.3) is 0 Å². The maximum Gasteiger partial charge on any atom is 0.328 e. The Balaban J connectivity index is 2.55. The standard InChI is InChI=1S/C12H19NO5/c1-5-17-9(4)18-10(14)6-13-11(15)7(2)8(3)12(13)16/h7-9H,5-6H2,1-4H3. The molecule has 0 radical (unpaired) electrons. The van der Waals surface area contributed by atoms with Gasteiger partial charge in [-0.15, -0.1) is 0 Å². The Morgan fingerprint density at radius 3 is 2.22 bits per heavy atom. The number of nitrogens with zero attached hydrogens (tertiary/aromatic N) is 1. The van der Waals surface area contributed by atoms with Crippen molar-refractivity contribution in [3.8, 4) is 0 Å². The second-order valence-electron chi connectivity index (χ2n) is 4.35. The van der Waals surface area contributed by atoms with Gasteiger partial charge >= 0.3 is 5.97 Å². The van der Waals surface area contributed by atoms with Crippen LogP contribution in [0.15, 0.2) is 0 Å². The highest BCUT2D eigenvalue weighted by Gasteiger charge is 2.43. The second kappa shape index (κ2) is 5.95. The van der Waals surface area contributed by atoms with Crippen molar-refractivity contribution in [1.29, 1.82) is 0 Å². The number of rotatable bonds is 5. The molecule has 3 unspecified atom stereocenters. The maximum absolute atomic E-state index is 11.7. The van der Waals surface area contributed by atoms with E-state index in [-0.39, 0.29) is 30.2 Å². The third kappa shape index (κ3) is 3.07. The van der Waals surface area contributed by atoms with E-state index in [2.05, 4.69) is 0 Å². The van der Waals surface area contributed by atoms with Crippen molar-refractivity contribution < 1.29 is 23.9 Å². The molecule has 0 N–H and O–H groups in total. The number of hydrogen-bond acceptors (Lipinski definition) is 5. The topological polar surface area (TPSA) is 72.9 Å². The van der Waals surface area contributed by atoms with Gasteiger partial charge in [-0.25, -0.2) is 0 Å². The molecule has 1 rings (SSSR count). The molecule has 0 aromatic heterocycles. The van der Waals surface area contributed by atoms with Gasteiger partial charge in [0.05, 0.1) is 0 Å². The van der Waals surface area contributed by atoms with Gasteiger partial charge in [0, 0.05) is 18.4 Å². The molecule has 6 heteroatoms. The summed E-state index contributed by atoms with van der Waals surface area (Å²) in [5.74, 6) is -2.05. The lowest BCUT2D eigenvalue weighted by Gasteiger charge is -2.16. The van der Waals surface area contributed by atoms with E-state index < -0.39 is 12.3 Å². The molecule has 102 valence electrons. The van der Waals surface area contributed by atoms with E-state index in [4.69, 9.17) is 9.47 Å². The summed E-state index contributed by atoms with van der Waals surface area (Å²) in [6.45, 7) is 6.80. The highest BCUT2D eigenvalue weighted by Crippen LogP contribution is 2.25. The Hall–Kier alpha value is -1.43. The summed E-state index contributed by atoms with van der Waals surface area (Å²) in [5, 5.41) is 0.